The van der Waals surface area contributed by atoms with Crippen molar-refractivity contribution in [2.24, 2.45) is 5.92 Å². The van der Waals surface area contributed by atoms with Crippen LogP contribution in [0.4, 0.5) is 0 Å². The lowest BCUT2D eigenvalue weighted by atomic mass is 10.1. The Morgan fingerprint density at radius 1 is 1.44 bits per heavy atom. The van der Waals surface area contributed by atoms with E-state index in [1.165, 1.54) is 18.2 Å². The van der Waals surface area contributed by atoms with E-state index in [0.717, 1.165) is 26.1 Å². The Kier molecular flexibility index (Phi) is 4.04. The number of carbonyl (C=O) groups is 1. The van der Waals surface area contributed by atoms with Crippen molar-refractivity contribution in [3.63, 3.8) is 0 Å². The SMILES string of the molecule is O=C(NCCC1CCOC1)c1cccc(O)c1O. The fourth-order valence-electron chi connectivity index (χ4n) is 2.01. The second-order valence-electron chi connectivity index (χ2n) is 4.45. The van der Waals surface area contributed by atoms with Crippen LogP contribution in [0.1, 0.15) is 23.2 Å². The predicted octanol–water partition coefficient (Wildman–Crippen LogP) is 1.25. The van der Waals surface area contributed by atoms with E-state index in [1.807, 2.05) is 0 Å². The highest BCUT2D eigenvalue weighted by molar-refractivity contribution is 5.97. The minimum absolute atomic E-state index is 0.0951. The maximum Gasteiger partial charge on any atom is 0.255 e. The Hall–Kier alpha value is -1.75. The van der Waals surface area contributed by atoms with Gasteiger partial charge in [0, 0.05) is 19.8 Å². The molecule has 1 fully saturated rings. The van der Waals surface area contributed by atoms with E-state index >= 15 is 0 Å². The fraction of sp³-hybridized carbons (Fsp3) is 0.462. The van der Waals surface area contributed by atoms with Crippen molar-refractivity contribution >= 4 is 5.91 Å². The van der Waals surface area contributed by atoms with Gasteiger partial charge in [-0.1, -0.05) is 6.07 Å². The van der Waals surface area contributed by atoms with Gasteiger partial charge >= 0.3 is 0 Å². The lowest BCUT2D eigenvalue weighted by Gasteiger charge is -2.10. The molecule has 1 aliphatic heterocycles. The van der Waals surface area contributed by atoms with Crippen molar-refractivity contribution in [1.29, 1.82) is 0 Å². The van der Waals surface area contributed by atoms with E-state index in [4.69, 9.17) is 4.74 Å². The molecule has 1 heterocycles. The van der Waals surface area contributed by atoms with Crippen LogP contribution in [-0.4, -0.2) is 35.9 Å². The Morgan fingerprint density at radius 2 is 2.28 bits per heavy atom. The molecule has 0 spiro atoms. The van der Waals surface area contributed by atoms with Gasteiger partial charge < -0.3 is 20.3 Å². The first kappa shape index (κ1) is 12.7. The Morgan fingerprint density at radius 3 is 3.00 bits per heavy atom. The molecule has 1 atom stereocenters. The highest BCUT2D eigenvalue weighted by Gasteiger charge is 2.17. The maximum absolute atomic E-state index is 11.8. The summed E-state index contributed by atoms with van der Waals surface area (Å²) < 4.78 is 5.25. The quantitative estimate of drug-likeness (QED) is 0.704. The third-order valence-corrected chi connectivity index (χ3v) is 3.12. The van der Waals surface area contributed by atoms with Crippen molar-refractivity contribution in [3.05, 3.63) is 23.8 Å². The number of phenols is 2. The minimum Gasteiger partial charge on any atom is -0.504 e. The fourth-order valence-corrected chi connectivity index (χ4v) is 2.01. The molecule has 1 aliphatic rings. The number of benzene rings is 1. The van der Waals surface area contributed by atoms with E-state index in [-0.39, 0.29) is 23.0 Å². The summed E-state index contributed by atoms with van der Waals surface area (Å²) >= 11 is 0. The standard InChI is InChI=1S/C13H17NO4/c15-11-3-1-2-10(12(11)16)13(17)14-6-4-9-5-7-18-8-9/h1-3,9,15-16H,4-8H2,(H,14,17). The summed E-state index contributed by atoms with van der Waals surface area (Å²) in [7, 11) is 0. The van der Waals surface area contributed by atoms with E-state index in [9.17, 15) is 15.0 Å². The van der Waals surface area contributed by atoms with Crippen LogP contribution < -0.4 is 5.32 Å². The van der Waals surface area contributed by atoms with Gasteiger partial charge in [0.25, 0.3) is 5.91 Å². The maximum atomic E-state index is 11.8. The number of hydrogen-bond acceptors (Lipinski definition) is 4. The first-order valence-corrected chi connectivity index (χ1v) is 6.05. The zero-order valence-corrected chi connectivity index (χ0v) is 10.1. The first-order valence-electron chi connectivity index (χ1n) is 6.05. The van der Waals surface area contributed by atoms with Gasteiger partial charge in [-0.15, -0.1) is 0 Å². The van der Waals surface area contributed by atoms with Crippen LogP contribution in [0.5, 0.6) is 11.5 Å². The van der Waals surface area contributed by atoms with Crippen molar-refractivity contribution in [2.45, 2.75) is 12.8 Å². The average Bonchev–Trinajstić information content (AvgIpc) is 2.85. The van der Waals surface area contributed by atoms with Crippen LogP contribution in [-0.2, 0) is 4.74 Å². The van der Waals surface area contributed by atoms with Crippen molar-refractivity contribution < 1.29 is 19.7 Å². The Labute approximate surface area is 105 Å². The van der Waals surface area contributed by atoms with Crippen molar-refractivity contribution in [1.82, 2.24) is 5.32 Å². The van der Waals surface area contributed by atoms with E-state index in [1.54, 1.807) is 0 Å². The number of rotatable bonds is 4. The average molecular weight is 251 g/mol. The molecule has 1 aromatic rings. The summed E-state index contributed by atoms with van der Waals surface area (Å²) in [6.45, 7) is 2.10. The molecule has 0 radical (unpaired) electrons. The second kappa shape index (κ2) is 5.73. The van der Waals surface area contributed by atoms with Gasteiger partial charge in [-0.05, 0) is 30.9 Å². The van der Waals surface area contributed by atoms with Crippen LogP contribution in [0.3, 0.4) is 0 Å². The van der Waals surface area contributed by atoms with Gasteiger partial charge in [0.05, 0.1) is 5.56 Å². The lowest BCUT2D eigenvalue weighted by molar-refractivity contribution is 0.0947. The van der Waals surface area contributed by atoms with Crippen LogP contribution in [0.15, 0.2) is 18.2 Å². The molecule has 1 amide bonds. The third kappa shape index (κ3) is 2.92. The summed E-state index contributed by atoms with van der Waals surface area (Å²) in [4.78, 5) is 11.8. The monoisotopic (exact) mass is 251 g/mol. The molecule has 0 saturated carbocycles. The lowest BCUT2D eigenvalue weighted by Crippen LogP contribution is -2.26. The van der Waals surface area contributed by atoms with Gasteiger partial charge in [0.2, 0.25) is 0 Å². The van der Waals surface area contributed by atoms with Gasteiger partial charge in [-0.3, -0.25) is 4.79 Å². The molecular formula is C13H17NO4. The molecule has 18 heavy (non-hydrogen) atoms. The number of carbonyl (C=O) groups excluding carboxylic acids is 1. The molecule has 5 nitrogen and oxygen atoms in total. The molecule has 0 aliphatic carbocycles. The van der Waals surface area contributed by atoms with Crippen molar-refractivity contribution in [2.75, 3.05) is 19.8 Å². The summed E-state index contributed by atoms with van der Waals surface area (Å²) in [5.74, 6) is -0.531. The van der Waals surface area contributed by atoms with Crippen LogP contribution in [0.2, 0.25) is 0 Å². The van der Waals surface area contributed by atoms with Gasteiger partial charge in [0.1, 0.15) is 0 Å². The minimum atomic E-state index is -0.376. The largest absolute Gasteiger partial charge is 0.504 e. The number of para-hydroxylation sites is 1. The van der Waals surface area contributed by atoms with E-state index in [0.29, 0.717) is 12.5 Å². The molecule has 0 bridgehead atoms. The topological polar surface area (TPSA) is 78.8 Å². The van der Waals surface area contributed by atoms with Gasteiger partial charge in [-0.2, -0.15) is 0 Å². The molecule has 1 aromatic carbocycles. The molecule has 5 heteroatoms. The summed E-state index contributed by atoms with van der Waals surface area (Å²) in [6, 6.07) is 4.33. The molecular weight excluding hydrogens is 234 g/mol. The molecule has 1 saturated heterocycles. The van der Waals surface area contributed by atoms with Gasteiger partial charge in [0.15, 0.2) is 11.5 Å². The molecule has 0 aromatic heterocycles. The van der Waals surface area contributed by atoms with E-state index < -0.39 is 0 Å². The zero-order chi connectivity index (χ0) is 13.0. The van der Waals surface area contributed by atoms with Crippen LogP contribution in [0.25, 0.3) is 0 Å². The number of nitrogens with one attached hydrogen (secondary N) is 1. The molecule has 98 valence electrons. The summed E-state index contributed by atoms with van der Waals surface area (Å²) in [5.41, 5.74) is 0.0951. The third-order valence-electron chi connectivity index (χ3n) is 3.12. The first-order chi connectivity index (χ1) is 8.68. The van der Waals surface area contributed by atoms with Crippen LogP contribution in [0, 0.1) is 5.92 Å². The molecule has 3 N–H and O–H groups in total. The summed E-state index contributed by atoms with van der Waals surface area (Å²) in [6.07, 6.45) is 1.90. The van der Waals surface area contributed by atoms with Crippen molar-refractivity contribution in [3.8, 4) is 11.5 Å². The number of hydrogen-bond donors (Lipinski definition) is 3. The van der Waals surface area contributed by atoms with E-state index in [2.05, 4.69) is 5.32 Å². The van der Waals surface area contributed by atoms with Gasteiger partial charge in [-0.25, -0.2) is 0 Å². The normalized spacial score (nSPS) is 18.8. The number of amides is 1. The summed E-state index contributed by atoms with van der Waals surface area (Å²) in [5, 5.41) is 21.6. The highest BCUT2D eigenvalue weighted by atomic mass is 16.5. The number of phenolic OH excluding ortho intramolecular Hbond substituents is 2. The molecule has 2 rings (SSSR count). The Bertz CT molecular complexity index is 427. The Balaban J connectivity index is 1.85. The second-order valence-corrected chi connectivity index (χ2v) is 4.45. The predicted molar refractivity (Wildman–Crippen MR) is 65.6 cm³/mol. The smallest absolute Gasteiger partial charge is 0.255 e. The highest BCUT2D eigenvalue weighted by Crippen LogP contribution is 2.27. The number of ether oxygens (including phenoxy) is 1. The van der Waals surface area contributed by atoms with Crippen LogP contribution >= 0.6 is 0 Å². The number of aromatic hydroxyl groups is 2. The zero-order valence-electron chi connectivity index (χ0n) is 10.1. The molecule has 1 unspecified atom stereocenters.